The molecule has 10 heteroatoms. The minimum Gasteiger partial charge on any atom is -0.350 e. The second kappa shape index (κ2) is 9.16. The summed E-state index contributed by atoms with van der Waals surface area (Å²) in [5.74, 6) is -0.550. The molecule has 0 unspecified atom stereocenters. The standard InChI is InChI=1S/C20H18BrCl2N5O2/c1-10(2)25-19(29)13-8-12(21)7-11(3)17(13)26-20(30)15-9-16(23)27-28(15)18-14(22)5-4-6-24-18/h4-10H,1-3H3,(H,25,29)(H,26,30). The van der Waals surface area contributed by atoms with Crippen molar-refractivity contribution in [1.29, 1.82) is 0 Å². The molecule has 0 aliphatic heterocycles. The molecule has 0 aliphatic rings. The first-order chi connectivity index (χ1) is 14.2. The SMILES string of the molecule is Cc1cc(Br)cc(C(=O)NC(C)C)c1NC(=O)c1cc(Cl)nn1-c1ncccc1Cl. The molecule has 0 atom stereocenters. The van der Waals surface area contributed by atoms with Gasteiger partial charge < -0.3 is 10.6 Å². The molecule has 0 bridgehead atoms. The highest BCUT2D eigenvalue weighted by Gasteiger charge is 2.22. The summed E-state index contributed by atoms with van der Waals surface area (Å²) < 4.78 is 1.99. The molecule has 2 heterocycles. The summed E-state index contributed by atoms with van der Waals surface area (Å²) in [6, 6.07) is 8.11. The molecular formula is C20H18BrCl2N5O2. The number of pyridine rings is 1. The van der Waals surface area contributed by atoms with Gasteiger partial charge in [0.05, 0.1) is 16.3 Å². The fourth-order valence-corrected chi connectivity index (χ4v) is 3.77. The number of nitrogens with one attached hydrogen (secondary N) is 2. The minimum absolute atomic E-state index is 0.0631. The van der Waals surface area contributed by atoms with Crippen LogP contribution in [0.4, 0.5) is 5.69 Å². The van der Waals surface area contributed by atoms with E-state index in [4.69, 9.17) is 23.2 Å². The van der Waals surface area contributed by atoms with Gasteiger partial charge in [-0.05, 0) is 50.6 Å². The third-order valence-corrected chi connectivity index (χ3v) is 4.99. The lowest BCUT2D eigenvalue weighted by Gasteiger charge is -2.16. The van der Waals surface area contributed by atoms with Crippen LogP contribution in [0.15, 0.2) is 41.0 Å². The molecule has 0 spiro atoms. The van der Waals surface area contributed by atoms with Crippen LogP contribution < -0.4 is 10.6 Å². The van der Waals surface area contributed by atoms with Crippen molar-refractivity contribution in [3.8, 4) is 5.82 Å². The number of carbonyl (C=O) groups is 2. The Morgan fingerprint density at radius 1 is 1.17 bits per heavy atom. The highest BCUT2D eigenvalue weighted by atomic mass is 79.9. The van der Waals surface area contributed by atoms with Gasteiger partial charge in [-0.25, -0.2) is 9.67 Å². The van der Waals surface area contributed by atoms with Crippen molar-refractivity contribution in [3.05, 3.63) is 68.0 Å². The average Bonchev–Trinajstić information content (AvgIpc) is 3.05. The summed E-state index contributed by atoms with van der Waals surface area (Å²) in [5.41, 5.74) is 1.55. The number of hydrogen-bond acceptors (Lipinski definition) is 4. The molecule has 0 radical (unpaired) electrons. The summed E-state index contributed by atoms with van der Waals surface area (Å²) in [6.07, 6.45) is 1.53. The number of carbonyl (C=O) groups excluding carboxylic acids is 2. The molecule has 156 valence electrons. The Morgan fingerprint density at radius 3 is 2.57 bits per heavy atom. The molecule has 3 aromatic rings. The van der Waals surface area contributed by atoms with Gasteiger partial charge in [-0.3, -0.25) is 9.59 Å². The molecule has 3 rings (SSSR count). The Morgan fingerprint density at radius 2 is 1.90 bits per heavy atom. The van der Waals surface area contributed by atoms with Crippen molar-refractivity contribution in [2.75, 3.05) is 5.32 Å². The smallest absolute Gasteiger partial charge is 0.274 e. The number of amides is 2. The lowest BCUT2D eigenvalue weighted by atomic mass is 10.1. The van der Waals surface area contributed by atoms with Crippen LogP contribution in [-0.4, -0.2) is 32.6 Å². The second-order valence-electron chi connectivity index (χ2n) is 6.80. The maximum atomic E-state index is 13.1. The maximum Gasteiger partial charge on any atom is 0.274 e. The molecule has 2 N–H and O–H groups in total. The number of aryl methyl sites for hydroxylation is 1. The van der Waals surface area contributed by atoms with Gasteiger partial charge in [-0.2, -0.15) is 5.10 Å². The van der Waals surface area contributed by atoms with Crippen LogP contribution in [0.2, 0.25) is 10.2 Å². The highest BCUT2D eigenvalue weighted by molar-refractivity contribution is 9.10. The molecule has 2 aromatic heterocycles. The summed E-state index contributed by atoms with van der Waals surface area (Å²) in [4.78, 5) is 30.0. The number of rotatable bonds is 5. The third-order valence-electron chi connectivity index (χ3n) is 4.06. The number of nitrogens with zero attached hydrogens (tertiary/aromatic N) is 3. The van der Waals surface area contributed by atoms with Crippen LogP contribution in [0.25, 0.3) is 5.82 Å². The molecule has 0 saturated heterocycles. The first-order valence-electron chi connectivity index (χ1n) is 8.96. The van der Waals surface area contributed by atoms with E-state index in [1.54, 1.807) is 25.1 Å². The molecular weight excluding hydrogens is 493 g/mol. The van der Waals surface area contributed by atoms with Crippen molar-refractivity contribution >= 4 is 56.6 Å². The summed E-state index contributed by atoms with van der Waals surface area (Å²) in [7, 11) is 0. The van der Waals surface area contributed by atoms with Crippen LogP contribution in [0, 0.1) is 6.92 Å². The number of aromatic nitrogens is 3. The predicted molar refractivity (Wildman–Crippen MR) is 121 cm³/mol. The first kappa shape index (κ1) is 22.3. The van der Waals surface area contributed by atoms with E-state index in [1.807, 2.05) is 19.9 Å². The van der Waals surface area contributed by atoms with Gasteiger partial charge in [0.15, 0.2) is 11.0 Å². The lowest BCUT2D eigenvalue weighted by Crippen LogP contribution is -2.31. The Bertz CT molecular complexity index is 1130. The van der Waals surface area contributed by atoms with Gasteiger partial charge in [0, 0.05) is 22.8 Å². The monoisotopic (exact) mass is 509 g/mol. The number of anilines is 1. The zero-order chi connectivity index (χ0) is 22.0. The van der Waals surface area contributed by atoms with Gasteiger partial charge in [-0.15, -0.1) is 0 Å². The van der Waals surface area contributed by atoms with Crippen molar-refractivity contribution in [2.24, 2.45) is 0 Å². The van der Waals surface area contributed by atoms with Crippen LogP contribution in [0.5, 0.6) is 0 Å². The van der Waals surface area contributed by atoms with E-state index < -0.39 is 5.91 Å². The fourth-order valence-electron chi connectivity index (χ4n) is 2.81. The van der Waals surface area contributed by atoms with E-state index in [0.717, 1.165) is 4.47 Å². The Kier molecular flexibility index (Phi) is 6.80. The Hall–Kier alpha value is -2.42. The molecule has 0 fully saturated rings. The van der Waals surface area contributed by atoms with Gasteiger partial charge in [0.25, 0.3) is 11.8 Å². The van der Waals surface area contributed by atoms with Crippen molar-refractivity contribution < 1.29 is 9.59 Å². The normalized spacial score (nSPS) is 10.9. The van der Waals surface area contributed by atoms with Crippen molar-refractivity contribution in [3.63, 3.8) is 0 Å². The number of benzene rings is 1. The predicted octanol–water partition coefficient (Wildman–Crippen LogP) is 5.04. The van der Waals surface area contributed by atoms with Gasteiger partial charge >= 0.3 is 0 Å². The van der Waals surface area contributed by atoms with Gasteiger partial charge in [0.2, 0.25) is 0 Å². The molecule has 30 heavy (non-hydrogen) atoms. The Labute approximate surface area is 191 Å². The quantitative estimate of drug-likeness (QED) is 0.503. The molecule has 2 amide bonds. The molecule has 0 aliphatic carbocycles. The second-order valence-corrected chi connectivity index (χ2v) is 8.51. The summed E-state index contributed by atoms with van der Waals surface area (Å²) >= 11 is 15.7. The minimum atomic E-state index is -0.514. The van der Waals surface area contributed by atoms with Crippen LogP contribution in [0.1, 0.15) is 40.3 Å². The van der Waals surface area contributed by atoms with Crippen molar-refractivity contribution in [1.82, 2.24) is 20.1 Å². The van der Waals surface area contributed by atoms with Gasteiger partial charge in [-0.1, -0.05) is 39.1 Å². The van der Waals surface area contributed by atoms with Crippen molar-refractivity contribution in [2.45, 2.75) is 26.8 Å². The zero-order valence-electron chi connectivity index (χ0n) is 16.3. The molecule has 1 aromatic carbocycles. The van der Waals surface area contributed by atoms with Crippen LogP contribution in [0.3, 0.4) is 0 Å². The van der Waals surface area contributed by atoms with E-state index in [0.29, 0.717) is 21.8 Å². The van der Waals surface area contributed by atoms with E-state index in [1.165, 1.54) is 16.9 Å². The number of halogens is 3. The Balaban J connectivity index is 2.02. The maximum absolute atomic E-state index is 13.1. The topological polar surface area (TPSA) is 88.9 Å². The van der Waals surface area contributed by atoms with E-state index in [2.05, 4.69) is 36.6 Å². The fraction of sp³-hybridized carbons (Fsp3) is 0.200. The van der Waals surface area contributed by atoms with E-state index >= 15 is 0 Å². The zero-order valence-corrected chi connectivity index (χ0v) is 19.4. The summed E-state index contributed by atoms with van der Waals surface area (Å²) in [5, 5.41) is 10.2. The van der Waals surface area contributed by atoms with E-state index in [-0.39, 0.29) is 28.6 Å². The van der Waals surface area contributed by atoms with Crippen LogP contribution in [-0.2, 0) is 0 Å². The average molecular weight is 511 g/mol. The van der Waals surface area contributed by atoms with Gasteiger partial charge in [0.1, 0.15) is 5.69 Å². The highest BCUT2D eigenvalue weighted by Crippen LogP contribution is 2.28. The molecule has 0 saturated carbocycles. The first-order valence-corrected chi connectivity index (χ1v) is 10.5. The largest absolute Gasteiger partial charge is 0.350 e. The van der Waals surface area contributed by atoms with E-state index in [9.17, 15) is 9.59 Å². The number of hydrogen-bond donors (Lipinski definition) is 2. The third kappa shape index (κ3) is 4.83. The van der Waals surface area contributed by atoms with Crippen LogP contribution >= 0.6 is 39.1 Å². The summed E-state index contributed by atoms with van der Waals surface area (Å²) in [6.45, 7) is 5.52. The molecule has 7 nitrogen and oxygen atoms in total. The lowest BCUT2D eigenvalue weighted by molar-refractivity contribution is 0.0944.